The Kier molecular flexibility index (Phi) is 2.51. The molecule has 4 rings (SSSR count). The van der Waals surface area contributed by atoms with Gasteiger partial charge in [-0.15, -0.1) is 11.3 Å². The summed E-state index contributed by atoms with van der Waals surface area (Å²) in [6, 6.07) is 6.40. The van der Waals surface area contributed by atoms with Crippen LogP contribution in [0.15, 0.2) is 18.2 Å². The molecule has 1 atom stereocenters. The number of rotatable bonds is 1. The fraction of sp³-hybridized carbons (Fsp3) is 0.250. The van der Waals surface area contributed by atoms with E-state index in [0.717, 1.165) is 29.7 Å². The van der Waals surface area contributed by atoms with Crippen molar-refractivity contribution in [1.29, 1.82) is 0 Å². The average Bonchev–Trinajstić information content (AvgIpc) is 3.01. The maximum atomic E-state index is 5.83. The van der Waals surface area contributed by atoms with Gasteiger partial charge >= 0.3 is 0 Å². The van der Waals surface area contributed by atoms with E-state index < -0.39 is 0 Å². The first-order valence-electron chi connectivity index (χ1n) is 6.02. The van der Waals surface area contributed by atoms with E-state index in [9.17, 15) is 0 Å². The molecule has 0 unspecified atom stereocenters. The van der Waals surface area contributed by atoms with E-state index in [1.165, 1.54) is 22.2 Å². The number of hydrogen-bond donors (Lipinski definition) is 2. The SMILES string of the molecule is Nc1nc2c(s1)[C@H](c1ccc3nsnc3c1)NCC2. The van der Waals surface area contributed by atoms with Gasteiger partial charge in [0.2, 0.25) is 0 Å². The fourth-order valence-corrected chi connectivity index (χ4v) is 3.96. The van der Waals surface area contributed by atoms with Gasteiger partial charge in [0.15, 0.2) is 5.13 Å². The van der Waals surface area contributed by atoms with Crippen LogP contribution in [0.3, 0.4) is 0 Å². The summed E-state index contributed by atoms with van der Waals surface area (Å²) in [7, 11) is 0. The Morgan fingerprint density at radius 3 is 3.11 bits per heavy atom. The van der Waals surface area contributed by atoms with E-state index >= 15 is 0 Å². The Morgan fingerprint density at radius 2 is 2.16 bits per heavy atom. The Balaban J connectivity index is 1.83. The molecule has 96 valence electrons. The third-order valence-electron chi connectivity index (χ3n) is 3.33. The predicted octanol–water partition coefficient (Wildman–Crippen LogP) is 1.97. The van der Waals surface area contributed by atoms with Crippen molar-refractivity contribution in [2.24, 2.45) is 0 Å². The standard InChI is InChI=1S/C12H11N5S2/c13-12-15-8-3-4-14-10(11(8)18-12)6-1-2-7-9(5-6)17-19-16-7/h1-2,5,10,14H,3-4H2,(H2,13,15)/t10-/m0/s1. The first-order valence-corrected chi connectivity index (χ1v) is 7.56. The molecular weight excluding hydrogens is 278 g/mol. The van der Waals surface area contributed by atoms with Crippen molar-refractivity contribution >= 4 is 39.2 Å². The number of fused-ring (bicyclic) bond motifs is 2. The summed E-state index contributed by atoms with van der Waals surface area (Å²) in [5.41, 5.74) is 10.1. The minimum Gasteiger partial charge on any atom is -0.375 e. The van der Waals surface area contributed by atoms with Gasteiger partial charge in [-0.2, -0.15) is 8.75 Å². The number of benzene rings is 1. The zero-order valence-electron chi connectivity index (χ0n) is 9.96. The van der Waals surface area contributed by atoms with Crippen LogP contribution in [0, 0.1) is 0 Å². The second kappa shape index (κ2) is 4.22. The van der Waals surface area contributed by atoms with Crippen LogP contribution in [0.4, 0.5) is 5.13 Å². The first-order chi connectivity index (χ1) is 9.31. The molecule has 1 aliphatic heterocycles. The van der Waals surface area contributed by atoms with Crippen LogP contribution in [-0.4, -0.2) is 20.3 Å². The molecule has 5 nitrogen and oxygen atoms in total. The molecular formula is C12H11N5S2. The topological polar surface area (TPSA) is 76.7 Å². The van der Waals surface area contributed by atoms with E-state index in [1.54, 1.807) is 11.3 Å². The number of hydrogen-bond acceptors (Lipinski definition) is 7. The van der Waals surface area contributed by atoms with Crippen LogP contribution < -0.4 is 11.1 Å². The number of thiazole rings is 1. The molecule has 7 heteroatoms. The van der Waals surface area contributed by atoms with E-state index in [2.05, 4.69) is 31.2 Å². The summed E-state index contributed by atoms with van der Waals surface area (Å²) in [5, 5.41) is 4.18. The van der Waals surface area contributed by atoms with Gasteiger partial charge in [0.1, 0.15) is 11.0 Å². The molecule has 3 heterocycles. The molecule has 3 N–H and O–H groups in total. The second-order valence-electron chi connectivity index (χ2n) is 4.51. The Hall–Kier alpha value is -1.57. The van der Waals surface area contributed by atoms with Crippen molar-refractivity contribution < 1.29 is 0 Å². The largest absolute Gasteiger partial charge is 0.375 e. The fourth-order valence-electron chi connectivity index (χ4n) is 2.46. The number of aromatic nitrogens is 3. The van der Waals surface area contributed by atoms with Gasteiger partial charge in [-0.05, 0) is 17.7 Å². The highest BCUT2D eigenvalue weighted by Gasteiger charge is 2.25. The van der Waals surface area contributed by atoms with Gasteiger partial charge in [0.05, 0.1) is 28.3 Å². The summed E-state index contributed by atoms with van der Waals surface area (Å²) in [5.74, 6) is 0. The van der Waals surface area contributed by atoms with Crippen molar-refractivity contribution in [2.45, 2.75) is 12.5 Å². The molecule has 2 aromatic heterocycles. The van der Waals surface area contributed by atoms with Crippen molar-refractivity contribution in [3.63, 3.8) is 0 Å². The number of anilines is 1. The lowest BCUT2D eigenvalue weighted by molar-refractivity contribution is 0.571. The number of nitrogens with two attached hydrogens (primary N) is 1. The summed E-state index contributed by atoms with van der Waals surface area (Å²) in [6.07, 6.45) is 0.944. The summed E-state index contributed by atoms with van der Waals surface area (Å²) >= 11 is 2.82. The van der Waals surface area contributed by atoms with E-state index in [1.807, 2.05) is 6.07 Å². The van der Waals surface area contributed by atoms with Gasteiger partial charge in [-0.3, -0.25) is 0 Å². The molecule has 0 bridgehead atoms. The van der Waals surface area contributed by atoms with Crippen LogP contribution in [0.5, 0.6) is 0 Å². The summed E-state index contributed by atoms with van der Waals surface area (Å²) in [4.78, 5) is 5.64. The highest BCUT2D eigenvalue weighted by Crippen LogP contribution is 2.35. The second-order valence-corrected chi connectivity index (χ2v) is 6.10. The zero-order chi connectivity index (χ0) is 12.8. The molecule has 0 aliphatic carbocycles. The van der Waals surface area contributed by atoms with Crippen LogP contribution in [0.1, 0.15) is 22.2 Å². The molecule has 0 fully saturated rings. The van der Waals surface area contributed by atoms with Crippen LogP contribution in [0.25, 0.3) is 11.0 Å². The van der Waals surface area contributed by atoms with Crippen molar-refractivity contribution in [3.8, 4) is 0 Å². The number of nitrogen functional groups attached to an aromatic ring is 1. The molecule has 0 spiro atoms. The van der Waals surface area contributed by atoms with Crippen LogP contribution in [-0.2, 0) is 6.42 Å². The Morgan fingerprint density at radius 1 is 1.26 bits per heavy atom. The van der Waals surface area contributed by atoms with E-state index in [4.69, 9.17) is 5.73 Å². The third-order valence-corrected chi connectivity index (χ3v) is 4.88. The Bertz CT molecular complexity index is 748. The molecule has 19 heavy (non-hydrogen) atoms. The van der Waals surface area contributed by atoms with Crippen molar-refractivity contribution in [3.05, 3.63) is 34.3 Å². The normalized spacial score (nSPS) is 18.6. The minimum atomic E-state index is 0.171. The molecule has 0 saturated carbocycles. The van der Waals surface area contributed by atoms with E-state index in [0.29, 0.717) is 5.13 Å². The molecule has 0 amide bonds. The lowest BCUT2D eigenvalue weighted by atomic mass is 9.99. The predicted molar refractivity (Wildman–Crippen MR) is 77.5 cm³/mol. The molecule has 1 aliphatic rings. The highest BCUT2D eigenvalue weighted by atomic mass is 32.1. The van der Waals surface area contributed by atoms with Gasteiger partial charge in [0.25, 0.3) is 0 Å². The van der Waals surface area contributed by atoms with E-state index in [-0.39, 0.29) is 6.04 Å². The van der Waals surface area contributed by atoms with Gasteiger partial charge in [0, 0.05) is 13.0 Å². The maximum absolute atomic E-state index is 5.83. The van der Waals surface area contributed by atoms with Crippen LogP contribution >= 0.6 is 23.1 Å². The molecule has 0 saturated heterocycles. The highest BCUT2D eigenvalue weighted by molar-refractivity contribution is 7.15. The molecule has 0 radical (unpaired) electrons. The number of nitrogens with one attached hydrogen (secondary N) is 1. The average molecular weight is 289 g/mol. The smallest absolute Gasteiger partial charge is 0.180 e. The lowest BCUT2D eigenvalue weighted by Crippen LogP contribution is -2.29. The van der Waals surface area contributed by atoms with Crippen molar-refractivity contribution in [2.75, 3.05) is 12.3 Å². The number of nitrogens with zero attached hydrogens (tertiary/aromatic N) is 3. The Labute approximate surface area is 117 Å². The quantitative estimate of drug-likeness (QED) is 0.716. The third kappa shape index (κ3) is 1.81. The van der Waals surface area contributed by atoms with Gasteiger partial charge in [-0.25, -0.2) is 4.98 Å². The summed E-state index contributed by atoms with van der Waals surface area (Å²) < 4.78 is 8.54. The molecule has 1 aromatic carbocycles. The summed E-state index contributed by atoms with van der Waals surface area (Å²) in [6.45, 7) is 0.925. The van der Waals surface area contributed by atoms with Crippen LogP contribution in [0.2, 0.25) is 0 Å². The van der Waals surface area contributed by atoms with Gasteiger partial charge in [-0.1, -0.05) is 6.07 Å². The lowest BCUT2D eigenvalue weighted by Gasteiger charge is -2.23. The van der Waals surface area contributed by atoms with Gasteiger partial charge < -0.3 is 11.1 Å². The minimum absolute atomic E-state index is 0.171. The monoisotopic (exact) mass is 289 g/mol. The maximum Gasteiger partial charge on any atom is 0.180 e. The molecule has 3 aromatic rings. The first kappa shape index (κ1) is 11.3. The van der Waals surface area contributed by atoms with Crippen molar-refractivity contribution in [1.82, 2.24) is 19.0 Å². The zero-order valence-corrected chi connectivity index (χ0v) is 11.6.